The summed E-state index contributed by atoms with van der Waals surface area (Å²) in [5, 5.41) is 3.95. The number of hydrogen-bond donors (Lipinski definition) is 1. The van der Waals surface area contributed by atoms with Crippen molar-refractivity contribution in [1.29, 1.82) is 0 Å². The van der Waals surface area contributed by atoms with Gasteiger partial charge in [0.05, 0.1) is 11.2 Å². The van der Waals surface area contributed by atoms with Crippen LogP contribution in [-0.2, 0) is 22.5 Å². The Morgan fingerprint density at radius 3 is 3.08 bits per heavy atom. The van der Waals surface area contributed by atoms with E-state index in [0.717, 1.165) is 0 Å². The molecule has 0 bridgehead atoms. The molecule has 0 radical (unpaired) electrons. The lowest BCUT2D eigenvalue weighted by Gasteiger charge is -2.01. The van der Waals surface area contributed by atoms with Gasteiger partial charge in [-0.2, -0.15) is 5.10 Å². The van der Waals surface area contributed by atoms with E-state index in [9.17, 15) is 4.21 Å². The minimum atomic E-state index is -2.13. The summed E-state index contributed by atoms with van der Waals surface area (Å²) in [7, 11) is 1.46. The number of halogens is 1. The Hall–Kier alpha value is -0.430. The summed E-state index contributed by atoms with van der Waals surface area (Å²) < 4.78 is 25.4. The van der Waals surface area contributed by atoms with Gasteiger partial charge in [-0.3, -0.25) is 0 Å². The van der Waals surface area contributed by atoms with E-state index in [4.69, 9.17) is 20.9 Å². The van der Waals surface area contributed by atoms with E-state index in [1.165, 1.54) is 18.0 Å². The fourth-order valence-electron chi connectivity index (χ4n) is 0.739. The number of methoxy groups -OCH3 is 1. The van der Waals surface area contributed by atoms with Crippen LogP contribution in [-0.4, -0.2) is 25.7 Å². The van der Waals surface area contributed by atoms with Crippen molar-refractivity contribution in [1.82, 2.24) is 9.78 Å². The molecular weight excluding hydrogens is 204 g/mol. The van der Waals surface area contributed by atoms with Crippen molar-refractivity contribution in [3.05, 3.63) is 11.2 Å². The van der Waals surface area contributed by atoms with Crippen molar-refractivity contribution in [3.63, 3.8) is 0 Å². The van der Waals surface area contributed by atoms with Gasteiger partial charge in [0.25, 0.3) is 0 Å². The summed E-state index contributed by atoms with van der Waals surface area (Å²) in [5.74, 6) is 0. The Bertz CT molecular complexity index is 301. The Labute approximate surface area is 76.6 Å². The average Bonchev–Trinajstić information content (AvgIpc) is 2.32. The predicted octanol–water partition coefficient (Wildman–Crippen LogP) is 0.721. The topological polar surface area (TPSA) is 64.4 Å². The lowest BCUT2D eigenvalue weighted by molar-refractivity contribution is 0.112. The molecule has 0 aliphatic rings. The van der Waals surface area contributed by atoms with E-state index in [1.54, 1.807) is 0 Å². The van der Waals surface area contributed by atoms with Crippen LogP contribution in [0.2, 0.25) is 5.02 Å². The Kier molecular flexibility index (Phi) is 3.21. The minimum Gasteiger partial charge on any atom is -0.362 e. The normalized spacial score (nSPS) is 13.2. The first-order valence-corrected chi connectivity index (χ1v) is 4.46. The maximum Gasteiger partial charge on any atom is 0.207 e. The zero-order valence-corrected chi connectivity index (χ0v) is 7.80. The van der Waals surface area contributed by atoms with Crippen LogP contribution in [0.15, 0.2) is 11.2 Å². The quantitative estimate of drug-likeness (QED) is 0.747. The second-order valence-corrected chi connectivity index (χ2v) is 3.26. The van der Waals surface area contributed by atoms with Crippen LogP contribution in [0.25, 0.3) is 0 Å². The lowest BCUT2D eigenvalue weighted by Crippen LogP contribution is -2.07. The van der Waals surface area contributed by atoms with Crippen LogP contribution >= 0.6 is 11.6 Å². The Balaban J connectivity index is 3.04. The van der Waals surface area contributed by atoms with Gasteiger partial charge < -0.3 is 9.29 Å². The second kappa shape index (κ2) is 3.99. The van der Waals surface area contributed by atoms with Crippen molar-refractivity contribution in [2.24, 2.45) is 0 Å². The van der Waals surface area contributed by atoms with Gasteiger partial charge in [0.15, 0.2) is 5.03 Å². The molecule has 1 unspecified atom stereocenters. The van der Waals surface area contributed by atoms with E-state index in [2.05, 4.69) is 5.10 Å². The molecule has 1 aromatic rings. The maximum atomic E-state index is 10.7. The van der Waals surface area contributed by atoms with Crippen molar-refractivity contribution in [2.75, 3.05) is 7.11 Å². The number of aromatic nitrogens is 2. The van der Waals surface area contributed by atoms with Gasteiger partial charge in [-0.05, 0) is 0 Å². The molecule has 1 N–H and O–H groups in total. The van der Waals surface area contributed by atoms with Gasteiger partial charge >= 0.3 is 0 Å². The fourth-order valence-corrected chi connectivity index (χ4v) is 1.58. The van der Waals surface area contributed by atoms with Crippen molar-refractivity contribution in [2.45, 2.75) is 11.8 Å². The molecule has 0 aliphatic heterocycles. The van der Waals surface area contributed by atoms with Gasteiger partial charge in [0, 0.05) is 7.11 Å². The van der Waals surface area contributed by atoms with Crippen LogP contribution in [0.4, 0.5) is 0 Å². The number of nitrogens with zero attached hydrogens (tertiary/aromatic N) is 2. The molecule has 0 saturated heterocycles. The molecule has 0 amide bonds. The zero-order valence-electron chi connectivity index (χ0n) is 6.23. The second-order valence-electron chi connectivity index (χ2n) is 1.96. The molecule has 1 rings (SSSR count). The van der Waals surface area contributed by atoms with Crippen LogP contribution < -0.4 is 0 Å². The van der Waals surface area contributed by atoms with Crippen LogP contribution in [0.1, 0.15) is 0 Å². The highest BCUT2D eigenvalue weighted by Gasteiger charge is 2.13. The molecule has 0 saturated carbocycles. The first kappa shape index (κ1) is 9.66. The van der Waals surface area contributed by atoms with Crippen LogP contribution in [0, 0.1) is 0 Å². The lowest BCUT2D eigenvalue weighted by atomic mass is 10.7. The number of hydrogen-bond acceptors (Lipinski definition) is 3. The summed E-state index contributed by atoms with van der Waals surface area (Å²) in [6.45, 7) is 0.106. The minimum absolute atomic E-state index is 0.0542. The van der Waals surface area contributed by atoms with E-state index >= 15 is 0 Å². The number of rotatable bonds is 3. The van der Waals surface area contributed by atoms with Gasteiger partial charge in [0.2, 0.25) is 11.1 Å². The molecular formula is C5H7ClN2O3S. The predicted molar refractivity (Wildman–Crippen MR) is 43.3 cm³/mol. The monoisotopic (exact) mass is 210 g/mol. The van der Waals surface area contributed by atoms with E-state index in [-0.39, 0.29) is 16.8 Å². The molecule has 0 aromatic carbocycles. The Morgan fingerprint density at radius 2 is 2.58 bits per heavy atom. The summed E-state index contributed by atoms with van der Waals surface area (Å²) in [6, 6.07) is 0. The highest BCUT2D eigenvalue weighted by Crippen LogP contribution is 2.17. The number of ether oxygens (including phenoxy) is 1. The highest BCUT2D eigenvalue weighted by atomic mass is 35.5. The summed E-state index contributed by atoms with van der Waals surface area (Å²) in [4.78, 5) is 0. The molecule has 12 heavy (non-hydrogen) atoms. The van der Waals surface area contributed by atoms with Gasteiger partial charge in [-0.15, -0.1) is 0 Å². The van der Waals surface area contributed by atoms with E-state index in [0.29, 0.717) is 0 Å². The van der Waals surface area contributed by atoms with Crippen molar-refractivity contribution in [3.8, 4) is 0 Å². The van der Waals surface area contributed by atoms with Crippen LogP contribution in [0.5, 0.6) is 0 Å². The fraction of sp³-hybridized carbons (Fsp3) is 0.400. The molecule has 0 aliphatic carbocycles. The largest absolute Gasteiger partial charge is 0.362 e. The SMILES string of the molecule is COCn1ncc(Cl)c1S(=O)O. The average molecular weight is 211 g/mol. The van der Waals surface area contributed by atoms with E-state index in [1.807, 2.05) is 0 Å². The van der Waals surface area contributed by atoms with Crippen molar-refractivity contribution < 1.29 is 13.5 Å². The molecule has 1 aromatic heterocycles. The van der Waals surface area contributed by atoms with Gasteiger partial charge in [0.1, 0.15) is 6.73 Å². The summed E-state index contributed by atoms with van der Waals surface area (Å²) in [6.07, 6.45) is 1.30. The van der Waals surface area contributed by atoms with Gasteiger partial charge in [-0.1, -0.05) is 11.6 Å². The van der Waals surface area contributed by atoms with Gasteiger partial charge in [-0.25, -0.2) is 8.89 Å². The van der Waals surface area contributed by atoms with Crippen molar-refractivity contribution >= 4 is 22.7 Å². The standard InChI is InChI=1S/C5H7ClN2O3S/c1-11-3-8-5(12(9)10)4(6)2-7-8/h2H,3H2,1H3,(H,9,10). The Morgan fingerprint density at radius 1 is 1.92 bits per heavy atom. The summed E-state index contributed by atoms with van der Waals surface area (Å²) in [5.41, 5.74) is 0. The molecule has 0 fully saturated rings. The molecule has 5 nitrogen and oxygen atoms in total. The third-order valence-electron chi connectivity index (χ3n) is 1.17. The molecule has 0 spiro atoms. The molecule has 1 heterocycles. The smallest absolute Gasteiger partial charge is 0.207 e. The van der Waals surface area contributed by atoms with E-state index < -0.39 is 11.1 Å². The third-order valence-corrected chi connectivity index (χ3v) is 2.32. The maximum absolute atomic E-state index is 10.7. The highest BCUT2D eigenvalue weighted by molar-refractivity contribution is 7.79. The first-order valence-electron chi connectivity index (χ1n) is 2.98. The molecule has 1 atom stereocenters. The molecule has 68 valence electrons. The molecule has 7 heteroatoms. The summed E-state index contributed by atoms with van der Waals surface area (Å²) >= 11 is 3.45. The van der Waals surface area contributed by atoms with Crippen LogP contribution in [0.3, 0.4) is 0 Å². The first-order chi connectivity index (χ1) is 5.66. The third kappa shape index (κ3) is 1.84. The zero-order chi connectivity index (χ0) is 9.14.